The zero-order valence-corrected chi connectivity index (χ0v) is 18.0. The Balaban J connectivity index is 1.85. The number of fused-ring (bicyclic) bond motifs is 2. The summed E-state index contributed by atoms with van der Waals surface area (Å²) in [5.41, 5.74) is 0. The number of carbonyl (C=O) groups is 1. The van der Waals surface area contributed by atoms with Crippen LogP contribution >= 0.6 is 0 Å². The first-order valence-electron chi connectivity index (χ1n) is 9.70. The van der Waals surface area contributed by atoms with E-state index in [0.717, 1.165) is 15.9 Å². The molecule has 0 unspecified atom stereocenters. The SMILES string of the molecule is CCC[C@H]1C(=O)N(S(=O)(=O)c2cccc3ccccc23)[C@H]2CCN(S(C)(=O)=O)[C@H]12. The van der Waals surface area contributed by atoms with Crippen molar-refractivity contribution in [3.05, 3.63) is 42.5 Å². The normalized spacial score (nSPS) is 25.7. The Labute approximate surface area is 171 Å². The van der Waals surface area contributed by atoms with Crippen LogP contribution in [-0.2, 0) is 24.8 Å². The van der Waals surface area contributed by atoms with Crippen LogP contribution in [-0.4, -0.2) is 56.2 Å². The van der Waals surface area contributed by atoms with E-state index in [1.807, 2.05) is 25.1 Å². The minimum Gasteiger partial charge on any atom is -0.273 e. The molecule has 0 spiro atoms. The van der Waals surface area contributed by atoms with E-state index in [-0.39, 0.29) is 11.4 Å². The molecular formula is C20H24N2O5S2. The lowest BCUT2D eigenvalue weighted by Crippen LogP contribution is -2.42. The molecule has 2 aromatic rings. The van der Waals surface area contributed by atoms with Crippen LogP contribution in [0.2, 0.25) is 0 Å². The number of amides is 1. The summed E-state index contributed by atoms with van der Waals surface area (Å²) < 4.78 is 54.1. The molecule has 2 saturated heterocycles. The smallest absolute Gasteiger partial charge is 0.267 e. The third-order valence-corrected chi connectivity index (χ3v) is 9.09. The average molecular weight is 437 g/mol. The van der Waals surface area contributed by atoms with Gasteiger partial charge in [0.25, 0.3) is 10.0 Å². The maximum absolute atomic E-state index is 13.6. The minimum absolute atomic E-state index is 0.0812. The summed E-state index contributed by atoms with van der Waals surface area (Å²) >= 11 is 0. The van der Waals surface area contributed by atoms with Gasteiger partial charge >= 0.3 is 0 Å². The number of nitrogens with zero attached hydrogens (tertiary/aromatic N) is 2. The maximum atomic E-state index is 13.6. The highest BCUT2D eigenvalue weighted by atomic mass is 32.2. The van der Waals surface area contributed by atoms with E-state index in [1.165, 1.54) is 10.4 Å². The van der Waals surface area contributed by atoms with Crippen LogP contribution in [0.1, 0.15) is 26.2 Å². The first kappa shape index (κ1) is 20.3. The molecule has 9 heteroatoms. The Hall–Kier alpha value is -1.97. The lowest BCUT2D eigenvalue weighted by molar-refractivity contribution is -0.128. The summed E-state index contributed by atoms with van der Waals surface area (Å²) in [7, 11) is -7.67. The monoisotopic (exact) mass is 436 g/mol. The fourth-order valence-electron chi connectivity index (χ4n) is 4.78. The van der Waals surface area contributed by atoms with Gasteiger partial charge in [-0.1, -0.05) is 49.7 Å². The molecule has 156 valence electrons. The van der Waals surface area contributed by atoms with Crippen molar-refractivity contribution >= 4 is 36.7 Å². The highest BCUT2D eigenvalue weighted by molar-refractivity contribution is 7.90. The van der Waals surface area contributed by atoms with Crippen molar-refractivity contribution < 1.29 is 21.6 Å². The predicted octanol–water partition coefficient (Wildman–Crippen LogP) is 2.19. The standard InChI is InChI=1S/C20H24N2O5S2/c1-3-7-16-19-17(12-13-21(19)28(2,24)25)22(20(16)23)29(26,27)18-11-6-9-14-8-4-5-10-15(14)18/h4-6,8-11,16-17,19H,3,7,12-13H2,1-2H3/t16-,17+,19-/m1/s1. The van der Waals surface area contributed by atoms with E-state index in [2.05, 4.69) is 0 Å². The topological polar surface area (TPSA) is 91.8 Å². The fourth-order valence-corrected chi connectivity index (χ4v) is 7.84. The molecule has 0 saturated carbocycles. The Bertz CT molecular complexity index is 1170. The molecule has 0 bridgehead atoms. The predicted molar refractivity (Wildman–Crippen MR) is 110 cm³/mol. The van der Waals surface area contributed by atoms with E-state index in [4.69, 9.17) is 0 Å². The zero-order valence-electron chi connectivity index (χ0n) is 16.4. The van der Waals surface area contributed by atoms with Gasteiger partial charge in [-0.2, -0.15) is 4.31 Å². The highest BCUT2D eigenvalue weighted by Crippen LogP contribution is 2.43. The second-order valence-corrected chi connectivity index (χ2v) is 11.5. The third-order valence-electron chi connectivity index (χ3n) is 5.93. The van der Waals surface area contributed by atoms with E-state index < -0.39 is 44.0 Å². The molecule has 2 aliphatic heterocycles. The number of hydrogen-bond donors (Lipinski definition) is 0. The number of hydrogen-bond acceptors (Lipinski definition) is 5. The summed E-state index contributed by atoms with van der Waals surface area (Å²) in [5, 5.41) is 1.32. The quantitative estimate of drug-likeness (QED) is 0.716. The van der Waals surface area contributed by atoms with Gasteiger partial charge in [0.05, 0.1) is 29.2 Å². The van der Waals surface area contributed by atoms with Crippen molar-refractivity contribution in [2.75, 3.05) is 12.8 Å². The summed E-state index contributed by atoms with van der Waals surface area (Å²) in [6.45, 7) is 2.13. The van der Waals surface area contributed by atoms with Gasteiger partial charge in [-0.25, -0.2) is 21.1 Å². The van der Waals surface area contributed by atoms with E-state index >= 15 is 0 Å². The molecule has 2 fully saturated rings. The van der Waals surface area contributed by atoms with Crippen LogP contribution in [0.25, 0.3) is 10.8 Å². The number of rotatable bonds is 5. The molecule has 2 aromatic carbocycles. The molecule has 3 atom stereocenters. The lowest BCUT2D eigenvalue weighted by Gasteiger charge is -2.25. The first-order valence-corrected chi connectivity index (χ1v) is 13.0. The Morgan fingerprint density at radius 1 is 1.03 bits per heavy atom. The molecule has 0 N–H and O–H groups in total. The summed E-state index contributed by atoms with van der Waals surface area (Å²) in [5.74, 6) is -1.14. The van der Waals surface area contributed by atoms with Gasteiger partial charge in [-0.15, -0.1) is 0 Å². The van der Waals surface area contributed by atoms with E-state index in [1.54, 1.807) is 18.2 Å². The number of benzene rings is 2. The summed E-state index contributed by atoms with van der Waals surface area (Å²) in [6, 6.07) is 10.8. The van der Waals surface area contributed by atoms with Crippen molar-refractivity contribution in [1.82, 2.24) is 8.61 Å². The van der Waals surface area contributed by atoms with Crippen LogP contribution in [0.3, 0.4) is 0 Å². The molecule has 0 radical (unpaired) electrons. The van der Waals surface area contributed by atoms with E-state index in [9.17, 15) is 21.6 Å². The highest BCUT2D eigenvalue weighted by Gasteiger charge is 2.59. The molecule has 1 amide bonds. The number of carbonyl (C=O) groups excluding carboxylic acids is 1. The first-order chi connectivity index (χ1) is 13.7. The lowest BCUT2D eigenvalue weighted by atomic mass is 9.95. The maximum Gasteiger partial charge on any atom is 0.267 e. The Kier molecular flexibility index (Phi) is 4.95. The van der Waals surface area contributed by atoms with Crippen LogP contribution in [0.5, 0.6) is 0 Å². The van der Waals surface area contributed by atoms with Gasteiger partial charge in [0.1, 0.15) is 0 Å². The Morgan fingerprint density at radius 3 is 2.41 bits per heavy atom. The van der Waals surface area contributed by atoms with Gasteiger partial charge in [0.2, 0.25) is 15.9 Å². The largest absolute Gasteiger partial charge is 0.273 e. The van der Waals surface area contributed by atoms with Crippen molar-refractivity contribution in [3.8, 4) is 0 Å². The van der Waals surface area contributed by atoms with Gasteiger partial charge < -0.3 is 0 Å². The van der Waals surface area contributed by atoms with Gasteiger partial charge in [0.15, 0.2) is 0 Å². The van der Waals surface area contributed by atoms with Crippen molar-refractivity contribution in [3.63, 3.8) is 0 Å². The third kappa shape index (κ3) is 3.15. The molecule has 7 nitrogen and oxygen atoms in total. The molecular weight excluding hydrogens is 412 g/mol. The van der Waals surface area contributed by atoms with Crippen LogP contribution in [0.15, 0.2) is 47.4 Å². The molecule has 4 rings (SSSR count). The van der Waals surface area contributed by atoms with Gasteiger partial charge in [-0.05, 0) is 24.3 Å². The van der Waals surface area contributed by atoms with Gasteiger partial charge in [-0.3, -0.25) is 4.79 Å². The number of sulfonamides is 2. The van der Waals surface area contributed by atoms with E-state index in [0.29, 0.717) is 24.6 Å². The van der Waals surface area contributed by atoms with Crippen molar-refractivity contribution in [2.45, 2.75) is 43.2 Å². The summed E-state index contributed by atoms with van der Waals surface area (Å²) in [6.07, 6.45) is 2.55. The van der Waals surface area contributed by atoms with Crippen molar-refractivity contribution in [2.24, 2.45) is 5.92 Å². The second kappa shape index (κ2) is 7.07. The molecule has 2 aliphatic rings. The van der Waals surface area contributed by atoms with Crippen molar-refractivity contribution in [1.29, 1.82) is 0 Å². The van der Waals surface area contributed by atoms with Crippen LogP contribution in [0.4, 0.5) is 0 Å². The molecule has 2 heterocycles. The minimum atomic E-state index is -4.13. The molecule has 29 heavy (non-hydrogen) atoms. The van der Waals surface area contributed by atoms with Gasteiger partial charge in [0, 0.05) is 11.9 Å². The Morgan fingerprint density at radius 2 is 1.72 bits per heavy atom. The second-order valence-electron chi connectivity index (χ2n) is 7.73. The van der Waals surface area contributed by atoms with Crippen LogP contribution < -0.4 is 0 Å². The molecule has 0 aliphatic carbocycles. The fraction of sp³-hybridized carbons (Fsp3) is 0.450. The molecule has 0 aromatic heterocycles. The van der Waals surface area contributed by atoms with Crippen LogP contribution in [0, 0.1) is 5.92 Å². The zero-order chi connectivity index (χ0) is 21.0. The summed E-state index contributed by atoms with van der Waals surface area (Å²) in [4.78, 5) is 13.3. The average Bonchev–Trinajstić information content (AvgIpc) is 3.20.